The number of nitrogens with zero attached hydrogens (tertiary/aromatic N) is 3. The van der Waals surface area contributed by atoms with Gasteiger partial charge in [-0.3, -0.25) is 0 Å². The molecule has 2 saturated heterocycles. The highest BCUT2D eigenvalue weighted by Crippen LogP contribution is 2.35. The lowest BCUT2D eigenvalue weighted by molar-refractivity contribution is 0.102. The third-order valence-electron chi connectivity index (χ3n) is 3.28. The van der Waals surface area contributed by atoms with E-state index in [1.54, 1.807) is 0 Å². The summed E-state index contributed by atoms with van der Waals surface area (Å²) in [4.78, 5) is 12.1. The summed E-state index contributed by atoms with van der Waals surface area (Å²) in [6, 6.07) is 0.515. The van der Waals surface area contributed by atoms with Crippen molar-refractivity contribution in [3.63, 3.8) is 0 Å². The van der Waals surface area contributed by atoms with Crippen LogP contribution in [0, 0.1) is 0 Å². The summed E-state index contributed by atoms with van der Waals surface area (Å²) in [6.45, 7) is 2.37. The van der Waals surface area contributed by atoms with Gasteiger partial charge in [-0.15, -0.1) is 0 Å². The van der Waals surface area contributed by atoms with Gasteiger partial charge in [0.05, 0.1) is 24.9 Å². The van der Waals surface area contributed by atoms with Crippen molar-refractivity contribution in [3.05, 3.63) is 5.28 Å². The van der Waals surface area contributed by atoms with Crippen LogP contribution in [0.2, 0.25) is 5.28 Å². The van der Waals surface area contributed by atoms with E-state index in [2.05, 4.69) is 20.3 Å². The SMILES string of the molecule is CCOc1nc(Cl)nc(NC2CC3CCC2O3)n1. The largest absolute Gasteiger partial charge is 0.464 e. The molecule has 2 fully saturated rings. The number of rotatable bonds is 4. The number of fused-ring (bicyclic) bond motifs is 2. The Labute approximate surface area is 110 Å². The zero-order valence-electron chi connectivity index (χ0n) is 10.1. The molecule has 2 aliphatic rings. The van der Waals surface area contributed by atoms with Crippen LogP contribution in [-0.2, 0) is 4.74 Å². The molecule has 0 spiro atoms. The van der Waals surface area contributed by atoms with Crippen LogP contribution in [0.1, 0.15) is 26.2 Å². The first-order valence-electron chi connectivity index (χ1n) is 6.21. The van der Waals surface area contributed by atoms with Gasteiger partial charge < -0.3 is 14.8 Å². The van der Waals surface area contributed by atoms with Gasteiger partial charge >= 0.3 is 6.01 Å². The lowest BCUT2D eigenvalue weighted by Crippen LogP contribution is -2.31. The molecule has 2 bridgehead atoms. The molecule has 0 amide bonds. The molecule has 0 saturated carbocycles. The fourth-order valence-corrected chi connectivity index (χ4v) is 2.70. The molecule has 1 aromatic heterocycles. The average molecular weight is 271 g/mol. The van der Waals surface area contributed by atoms with Crippen molar-refractivity contribution >= 4 is 17.5 Å². The molecule has 2 aliphatic heterocycles. The van der Waals surface area contributed by atoms with Crippen LogP contribution in [0.5, 0.6) is 6.01 Å². The van der Waals surface area contributed by atoms with Gasteiger partial charge in [0.25, 0.3) is 0 Å². The fraction of sp³-hybridized carbons (Fsp3) is 0.727. The van der Waals surface area contributed by atoms with Crippen LogP contribution in [0.25, 0.3) is 0 Å². The van der Waals surface area contributed by atoms with E-state index < -0.39 is 0 Å². The van der Waals surface area contributed by atoms with E-state index in [0.29, 0.717) is 18.7 Å². The highest BCUT2D eigenvalue weighted by Gasteiger charge is 2.41. The Bertz CT molecular complexity index is 445. The van der Waals surface area contributed by atoms with Crippen molar-refractivity contribution < 1.29 is 9.47 Å². The maximum Gasteiger partial charge on any atom is 0.322 e. The maximum atomic E-state index is 5.84. The number of hydrogen-bond acceptors (Lipinski definition) is 6. The van der Waals surface area contributed by atoms with Gasteiger partial charge in [0.1, 0.15) is 0 Å². The molecule has 0 radical (unpaired) electrons. The molecular formula is C11H15ClN4O2. The molecule has 3 rings (SSSR count). The number of anilines is 1. The zero-order valence-corrected chi connectivity index (χ0v) is 10.9. The van der Waals surface area contributed by atoms with Gasteiger partial charge in [0.2, 0.25) is 11.2 Å². The molecule has 0 aromatic carbocycles. The van der Waals surface area contributed by atoms with Crippen LogP contribution in [0.4, 0.5) is 5.95 Å². The lowest BCUT2D eigenvalue weighted by Gasteiger charge is -2.19. The van der Waals surface area contributed by atoms with Crippen molar-refractivity contribution in [1.29, 1.82) is 0 Å². The Hall–Kier alpha value is -1.14. The van der Waals surface area contributed by atoms with Crippen LogP contribution in [-0.4, -0.2) is 39.8 Å². The molecule has 18 heavy (non-hydrogen) atoms. The number of halogens is 1. The van der Waals surface area contributed by atoms with Gasteiger partial charge in [-0.1, -0.05) is 0 Å². The third kappa shape index (κ3) is 2.35. The Morgan fingerprint density at radius 2 is 2.28 bits per heavy atom. The summed E-state index contributed by atoms with van der Waals surface area (Å²) in [5.41, 5.74) is 0. The van der Waals surface area contributed by atoms with Crippen LogP contribution in [0.3, 0.4) is 0 Å². The van der Waals surface area contributed by atoms with E-state index >= 15 is 0 Å². The molecule has 7 heteroatoms. The fourth-order valence-electron chi connectivity index (χ4n) is 2.55. The van der Waals surface area contributed by atoms with Gasteiger partial charge in [-0.05, 0) is 37.8 Å². The third-order valence-corrected chi connectivity index (χ3v) is 3.45. The number of nitrogens with one attached hydrogen (secondary N) is 1. The second-order valence-electron chi connectivity index (χ2n) is 4.50. The topological polar surface area (TPSA) is 69.2 Å². The van der Waals surface area contributed by atoms with E-state index in [-0.39, 0.29) is 23.4 Å². The standard InChI is InChI=1S/C11H15ClN4O2/c1-2-17-11-15-9(12)14-10(16-11)13-7-5-6-3-4-8(7)18-6/h6-8H,2-5H2,1H3,(H,13,14,15,16). The number of hydrogen-bond donors (Lipinski definition) is 1. The minimum absolute atomic E-state index is 0.139. The summed E-state index contributed by atoms with van der Waals surface area (Å²) in [5.74, 6) is 0.458. The second kappa shape index (κ2) is 4.85. The lowest BCUT2D eigenvalue weighted by atomic mass is 9.96. The quantitative estimate of drug-likeness (QED) is 0.897. The monoisotopic (exact) mass is 270 g/mol. The predicted octanol–water partition coefficient (Wildman–Crippen LogP) is 1.66. The van der Waals surface area contributed by atoms with E-state index in [0.717, 1.165) is 19.3 Å². The predicted molar refractivity (Wildman–Crippen MR) is 65.9 cm³/mol. The van der Waals surface area contributed by atoms with Crippen LogP contribution < -0.4 is 10.1 Å². The summed E-state index contributed by atoms with van der Waals surface area (Å²) in [7, 11) is 0. The molecule has 98 valence electrons. The molecule has 1 N–H and O–H groups in total. The van der Waals surface area contributed by atoms with E-state index in [9.17, 15) is 0 Å². The minimum Gasteiger partial charge on any atom is -0.464 e. The summed E-state index contributed by atoms with van der Waals surface area (Å²) in [6.07, 6.45) is 3.90. The zero-order chi connectivity index (χ0) is 12.5. The summed E-state index contributed by atoms with van der Waals surface area (Å²) >= 11 is 5.84. The smallest absolute Gasteiger partial charge is 0.322 e. The van der Waals surface area contributed by atoms with Gasteiger partial charge in [0.15, 0.2) is 0 Å². The van der Waals surface area contributed by atoms with Crippen molar-refractivity contribution in [2.75, 3.05) is 11.9 Å². The van der Waals surface area contributed by atoms with Crippen molar-refractivity contribution in [2.24, 2.45) is 0 Å². The summed E-state index contributed by atoms with van der Waals surface area (Å²) < 4.78 is 11.0. The summed E-state index contributed by atoms with van der Waals surface area (Å²) in [5, 5.41) is 3.40. The highest BCUT2D eigenvalue weighted by atomic mass is 35.5. The number of aromatic nitrogens is 3. The van der Waals surface area contributed by atoms with E-state index in [4.69, 9.17) is 21.1 Å². The van der Waals surface area contributed by atoms with Crippen molar-refractivity contribution in [1.82, 2.24) is 15.0 Å². The second-order valence-corrected chi connectivity index (χ2v) is 4.84. The van der Waals surface area contributed by atoms with Gasteiger partial charge in [0, 0.05) is 0 Å². The first-order chi connectivity index (χ1) is 8.74. The van der Waals surface area contributed by atoms with Crippen molar-refractivity contribution in [2.45, 2.75) is 44.4 Å². The molecule has 3 atom stereocenters. The molecule has 3 unspecified atom stereocenters. The van der Waals surface area contributed by atoms with E-state index in [1.807, 2.05) is 6.92 Å². The number of ether oxygens (including phenoxy) is 2. The van der Waals surface area contributed by atoms with Crippen LogP contribution >= 0.6 is 11.6 Å². The highest BCUT2D eigenvalue weighted by molar-refractivity contribution is 6.28. The maximum absolute atomic E-state index is 5.84. The first kappa shape index (κ1) is 11.9. The minimum atomic E-state index is 0.139. The Balaban J connectivity index is 1.72. The molecular weight excluding hydrogens is 256 g/mol. The van der Waals surface area contributed by atoms with Gasteiger partial charge in [-0.25, -0.2) is 0 Å². The average Bonchev–Trinajstić information content (AvgIpc) is 2.90. The molecule has 1 aromatic rings. The van der Waals surface area contributed by atoms with Crippen molar-refractivity contribution in [3.8, 4) is 6.01 Å². The Morgan fingerprint density at radius 3 is 2.94 bits per heavy atom. The first-order valence-corrected chi connectivity index (χ1v) is 6.58. The molecule has 3 heterocycles. The van der Waals surface area contributed by atoms with E-state index in [1.165, 1.54) is 0 Å². The molecule has 0 aliphatic carbocycles. The normalized spacial score (nSPS) is 29.6. The molecule has 6 nitrogen and oxygen atoms in total. The Kier molecular flexibility index (Phi) is 3.22. The van der Waals surface area contributed by atoms with Gasteiger partial charge in [-0.2, -0.15) is 15.0 Å². The van der Waals surface area contributed by atoms with Crippen LogP contribution in [0.15, 0.2) is 0 Å². The Morgan fingerprint density at radius 1 is 1.39 bits per heavy atom.